The van der Waals surface area contributed by atoms with E-state index >= 15 is 0 Å². The lowest BCUT2D eigenvalue weighted by Crippen LogP contribution is -2.36. The average molecular weight is 454 g/mol. The maximum Gasteiger partial charge on any atom is 0.261 e. The number of nitrogens with zero attached hydrogens (tertiary/aromatic N) is 5. The molecule has 1 amide bonds. The van der Waals surface area contributed by atoms with Gasteiger partial charge in [0.05, 0.1) is 22.3 Å². The van der Waals surface area contributed by atoms with Crippen molar-refractivity contribution < 1.29 is 13.2 Å². The monoisotopic (exact) mass is 453 g/mol. The van der Waals surface area contributed by atoms with E-state index in [1.165, 1.54) is 4.31 Å². The smallest absolute Gasteiger partial charge is 0.261 e. The predicted octanol–water partition coefficient (Wildman–Crippen LogP) is 3.20. The Bertz CT molecular complexity index is 1230. The minimum absolute atomic E-state index is 0.148. The van der Waals surface area contributed by atoms with Crippen LogP contribution < -0.4 is 4.90 Å². The van der Waals surface area contributed by atoms with Crippen LogP contribution in [0.5, 0.6) is 0 Å². The van der Waals surface area contributed by atoms with Gasteiger partial charge in [-0.25, -0.2) is 18.1 Å². The number of hydrogen-bond acceptors (Lipinski definition) is 5. The van der Waals surface area contributed by atoms with E-state index in [-0.39, 0.29) is 10.8 Å². The van der Waals surface area contributed by atoms with E-state index in [1.807, 2.05) is 39.0 Å². The van der Waals surface area contributed by atoms with Gasteiger partial charge in [0.1, 0.15) is 0 Å². The van der Waals surface area contributed by atoms with Gasteiger partial charge in [0.2, 0.25) is 10.0 Å². The fraction of sp³-hybridized carbons (Fsp3) is 0.348. The summed E-state index contributed by atoms with van der Waals surface area (Å²) in [5.74, 6) is 0.499. The van der Waals surface area contributed by atoms with Gasteiger partial charge in [-0.05, 0) is 55.7 Å². The molecule has 1 aliphatic rings. The summed E-state index contributed by atoms with van der Waals surface area (Å²) in [7, 11) is -3.55. The number of amides is 1. The van der Waals surface area contributed by atoms with E-state index in [1.54, 1.807) is 40.2 Å². The number of sulfonamides is 1. The third kappa shape index (κ3) is 3.82. The summed E-state index contributed by atoms with van der Waals surface area (Å²) in [5.41, 5.74) is 2.84. The number of anilines is 1. The molecular formula is C23H27N5O3S. The first-order chi connectivity index (χ1) is 15.4. The zero-order valence-electron chi connectivity index (χ0n) is 18.5. The largest absolute Gasteiger partial charge is 0.308 e. The molecule has 3 aromatic rings. The second kappa shape index (κ2) is 8.84. The summed E-state index contributed by atoms with van der Waals surface area (Å²) in [5, 5.41) is 4.36. The highest BCUT2D eigenvalue weighted by molar-refractivity contribution is 7.89. The van der Waals surface area contributed by atoms with Crippen molar-refractivity contribution in [2.24, 2.45) is 0 Å². The molecule has 0 atom stereocenters. The van der Waals surface area contributed by atoms with Crippen LogP contribution in [-0.4, -0.2) is 53.0 Å². The second-order valence-electron chi connectivity index (χ2n) is 7.68. The molecule has 0 saturated carbocycles. The molecule has 0 fully saturated rings. The minimum Gasteiger partial charge on any atom is -0.308 e. The number of rotatable bonds is 6. The van der Waals surface area contributed by atoms with Gasteiger partial charge < -0.3 is 4.90 Å². The van der Waals surface area contributed by atoms with E-state index in [4.69, 9.17) is 0 Å². The molecule has 0 saturated heterocycles. The van der Waals surface area contributed by atoms with E-state index in [0.717, 1.165) is 24.1 Å². The van der Waals surface area contributed by atoms with Crippen molar-refractivity contribution in [2.75, 3.05) is 24.5 Å². The van der Waals surface area contributed by atoms with Gasteiger partial charge in [-0.2, -0.15) is 9.40 Å². The molecule has 0 bridgehead atoms. The zero-order valence-corrected chi connectivity index (χ0v) is 19.3. The van der Waals surface area contributed by atoms with Gasteiger partial charge >= 0.3 is 0 Å². The molecule has 0 spiro atoms. The number of benzene rings is 1. The molecule has 0 radical (unpaired) electrons. The standard InChI is InChI=1S/C23H27N5O3S/c1-4-26(5-2)32(30,31)19-11-12-21-18(15-19)9-8-14-27(21)23(29)20-16-25-28(17(20)3)22-10-6-7-13-24-22/h6-7,10-13,15-16H,4-5,8-9,14H2,1-3H3. The highest BCUT2D eigenvalue weighted by atomic mass is 32.2. The van der Waals surface area contributed by atoms with Gasteiger partial charge in [0.25, 0.3) is 5.91 Å². The van der Waals surface area contributed by atoms with Crippen molar-refractivity contribution in [2.45, 2.75) is 38.5 Å². The number of carbonyl (C=O) groups is 1. The Morgan fingerprint density at radius 3 is 2.62 bits per heavy atom. The van der Waals surface area contributed by atoms with E-state index in [0.29, 0.717) is 36.7 Å². The van der Waals surface area contributed by atoms with Crippen LogP contribution in [-0.2, 0) is 16.4 Å². The Morgan fingerprint density at radius 2 is 1.94 bits per heavy atom. The lowest BCUT2D eigenvalue weighted by atomic mass is 10.0. The molecule has 2 aromatic heterocycles. The van der Waals surface area contributed by atoms with Gasteiger partial charge in [-0.15, -0.1) is 0 Å². The highest BCUT2D eigenvalue weighted by Crippen LogP contribution is 2.32. The van der Waals surface area contributed by atoms with Crippen molar-refractivity contribution in [3.05, 3.63) is 65.6 Å². The molecule has 1 aromatic carbocycles. The third-order valence-corrected chi connectivity index (χ3v) is 7.91. The molecule has 1 aliphatic heterocycles. The molecule has 0 N–H and O–H groups in total. The predicted molar refractivity (Wildman–Crippen MR) is 123 cm³/mol. The van der Waals surface area contributed by atoms with Gasteiger partial charge in [-0.3, -0.25) is 4.79 Å². The maximum atomic E-state index is 13.4. The number of carbonyl (C=O) groups excluding carboxylic acids is 1. The van der Waals surface area contributed by atoms with Crippen LogP contribution in [0.15, 0.2) is 53.7 Å². The molecule has 3 heterocycles. The van der Waals surface area contributed by atoms with Crippen LogP contribution >= 0.6 is 0 Å². The molecule has 4 rings (SSSR count). The Hall–Kier alpha value is -3.04. The Kier molecular flexibility index (Phi) is 6.12. The van der Waals surface area contributed by atoms with Crippen LogP contribution in [0.2, 0.25) is 0 Å². The first-order valence-electron chi connectivity index (χ1n) is 10.8. The summed E-state index contributed by atoms with van der Waals surface area (Å²) in [6.07, 6.45) is 4.75. The molecule has 32 heavy (non-hydrogen) atoms. The number of hydrogen-bond donors (Lipinski definition) is 0. The van der Waals surface area contributed by atoms with Crippen molar-refractivity contribution in [3.63, 3.8) is 0 Å². The summed E-state index contributed by atoms with van der Waals surface area (Å²) in [6.45, 7) is 6.91. The molecule has 8 nitrogen and oxygen atoms in total. The molecular weight excluding hydrogens is 426 g/mol. The average Bonchev–Trinajstić information content (AvgIpc) is 3.20. The number of pyridine rings is 1. The second-order valence-corrected chi connectivity index (χ2v) is 9.62. The summed E-state index contributed by atoms with van der Waals surface area (Å²) >= 11 is 0. The normalized spacial score (nSPS) is 13.9. The fourth-order valence-corrected chi connectivity index (χ4v) is 5.64. The van der Waals surface area contributed by atoms with Crippen molar-refractivity contribution in [3.8, 4) is 5.82 Å². The quantitative estimate of drug-likeness (QED) is 0.572. The van der Waals surface area contributed by atoms with Crippen LogP contribution in [0.25, 0.3) is 5.82 Å². The van der Waals surface area contributed by atoms with Crippen molar-refractivity contribution in [1.82, 2.24) is 19.1 Å². The van der Waals surface area contributed by atoms with Crippen LogP contribution in [0.4, 0.5) is 5.69 Å². The lowest BCUT2D eigenvalue weighted by Gasteiger charge is -2.30. The first-order valence-corrected chi connectivity index (χ1v) is 12.2. The topological polar surface area (TPSA) is 88.4 Å². The SMILES string of the molecule is CCN(CC)S(=O)(=O)c1ccc2c(c1)CCCN2C(=O)c1cnn(-c2ccccn2)c1C. The van der Waals surface area contributed by atoms with Crippen LogP contribution in [0, 0.1) is 6.92 Å². The van der Waals surface area contributed by atoms with Gasteiger partial charge in [0.15, 0.2) is 5.82 Å². The molecule has 9 heteroatoms. The van der Waals surface area contributed by atoms with E-state index in [2.05, 4.69) is 10.1 Å². The summed E-state index contributed by atoms with van der Waals surface area (Å²) in [4.78, 5) is 19.7. The number of fused-ring (bicyclic) bond motifs is 1. The zero-order chi connectivity index (χ0) is 22.9. The highest BCUT2D eigenvalue weighted by Gasteiger charge is 2.29. The molecule has 168 valence electrons. The van der Waals surface area contributed by atoms with Gasteiger partial charge in [-0.1, -0.05) is 19.9 Å². The summed E-state index contributed by atoms with van der Waals surface area (Å²) in [6, 6.07) is 10.6. The fourth-order valence-electron chi connectivity index (χ4n) is 4.13. The Labute approximate surface area is 188 Å². The third-order valence-electron chi connectivity index (χ3n) is 5.86. The van der Waals surface area contributed by atoms with Crippen LogP contribution in [0.3, 0.4) is 0 Å². The van der Waals surface area contributed by atoms with Crippen LogP contribution in [0.1, 0.15) is 41.9 Å². The van der Waals surface area contributed by atoms with Gasteiger partial charge in [0, 0.05) is 31.5 Å². The Morgan fingerprint density at radius 1 is 1.16 bits per heavy atom. The number of aryl methyl sites for hydroxylation is 1. The van der Waals surface area contributed by atoms with Crippen molar-refractivity contribution >= 4 is 21.6 Å². The summed E-state index contributed by atoms with van der Waals surface area (Å²) < 4.78 is 28.9. The van der Waals surface area contributed by atoms with E-state index < -0.39 is 10.0 Å². The molecule has 0 aliphatic carbocycles. The van der Waals surface area contributed by atoms with E-state index in [9.17, 15) is 13.2 Å². The molecule has 0 unspecified atom stereocenters. The first kappa shape index (κ1) is 22.2. The Balaban J connectivity index is 1.67. The number of aromatic nitrogens is 3. The van der Waals surface area contributed by atoms with Crippen molar-refractivity contribution in [1.29, 1.82) is 0 Å². The lowest BCUT2D eigenvalue weighted by molar-refractivity contribution is 0.0984. The maximum absolute atomic E-state index is 13.4. The minimum atomic E-state index is -3.55.